The minimum atomic E-state index is -0.567. The molecule has 4 aromatic rings. The van der Waals surface area contributed by atoms with Gasteiger partial charge in [0.1, 0.15) is 17.3 Å². The van der Waals surface area contributed by atoms with Crippen LogP contribution in [0.3, 0.4) is 0 Å². The van der Waals surface area contributed by atoms with E-state index in [-0.39, 0.29) is 18.4 Å². The van der Waals surface area contributed by atoms with Crippen LogP contribution in [0.25, 0.3) is 10.9 Å². The Labute approximate surface area is 189 Å². The van der Waals surface area contributed by atoms with Crippen LogP contribution in [0, 0.1) is 0 Å². The van der Waals surface area contributed by atoms with Gasteiger partial charge < -0.3 is 19.8 Å². The summed E-state index contributed by atoms with van der Waals surface area (Å²) >= 11 is 0. The number of para-hydroxylation sites is 2. The van der Waals surface area contributed by atoms with Crippen LogP contribution in [0.4, 0.5) is 5.69 Å². The zero-order valence-corrected chi connectivity index (χ0v) is 17.6. The van der Waals surface area contributed by atoms with E-state index in [0.29, 0.717) is 33.9 Å². The Morgan fingerprint density at radius 1 is 0.909 bits per heavy atom. The summed E-state index contributed by atoms with van der Waals surface area (Å²) in [6, 6.07) is 23.1. The van der Waals surface area contributed by atoms with Gasteiger partial charge in [0.05, 0.1) is 17.3 Å². The molecule has 0 unspecified atom stereocenters. The average molecular weight is 443 g/mol. The number of amides is 1. The van der Waals surface area contributed by atoms with E-state index in [4.69, 9.17) is 9.47 Å². The van der Waals surface area contributed by atoms with Crippen molar-refractivity contribution in [1.82, 2.24) is 9.97 Å². The first-order valence-corrected chi connectivity index (χ1v) is 10.3. The second-order valence-electron chi connectivity index (χ2n) is 7.18. The van der Waals surface area contributed by atoms with E-state index in [0.717, 1.165) is 0 Å². The number of nitrogens with one attached hydrogen (secondary N) is 2. The maximum Gasteiger partial charge on any atom is 0.306 e. The maximum atomic E-state index is 12.2. The first kappa shape index (κ1) is 21.8. The second kappa shape index (κ2) is 10.2. The number of H-pyrrole nitrogens is 1. The molecule has 0 spiro atoms. The smallest absolute Gasteiger partial charge is 0.306 e. The lowest BCUT2D eigenvalue weighted by Crippen LogP contribution is -2.21. The van der Waals surface area contributed by atoms with Crippen LogP contribution in [-0.4, -0.2) is 28.5 Å². The van der Waals surface area contributed by atoms with Gasteiger partial charge >= 0.3 is 5.97 Å². The first-order chi connectivity index (χ1) is 16.1. The van der Waals surface area contributed by atoms with Crippen molar-refractivity contribution in [3.63, 3.8) is 0 Å². The van der Waals surface area contributed by atoms with Gasteiger partial charge in [0, 0.05) is 18.2 Å². The number of benzene rings is 3. The summed E-state index contributed by atoms with van der Waals surface area (Å²) in [6.45, 7) is -0.426. The third-order valence-electron chi connectivity index (χ3n) is 4.69. The van der Waals surface area contributed by atoms with Gasteiger partial charge in [-0.1, -0.05) is 36.4 Å². The Morgan fingerprint density at radius 3 is 2.52 bits per heavy atom. The van der Waals surface area contributed by atoms with Crippen molar-refractivity contribution in [1.29, 1.82) is 0 Å². The van der Waals surface area contributed by atoms with Gasteiger partial charge in [-0.2, -0.15) is 0 Å². The van der Waals surface area contributed by atoms with E-state index >= 15 is 0 Å². The molecular weight excluding hydrogens is 422 g/mol. The summed E-state index contributed by atoms with van der Waals surface area (Å²) in [7, 11) is 0. The maximum absolute atomic E-state index is 12.2. The van der Waals surface area contributed by atoms with Gasteiger partial charge in [0.15, 0.2) is 6.61 Å². The normalized spacial score (nSPS) is 10.5. The molecule has 0 radical (unpaired) electrons. The molecule has 166 valence electrons. The van der Waals surface area contributed by atoms with E-state index in [1.807, 2.05) is 30.3 Å². The van der Waals surface area contributed by atoms with Crippen LogP contribution in [0.2, 0.25) is 0 Å². The van der Waals surface area contributed by atoms with Crippen molar-refractivity contribution >= 4 is 28.5 Å². The third-order valence-corrected chi connectivity index (χ3v) is 4.69. The van der Waals surface area contributed by atoms with Crippen LogP contribution in [0.5, 0.6) is 11.5 Å². The monoisotopic (exact) mass is 443 g/mol. The number of rotatable bonds is 8. The molecule has 3 aromatic carbocycles. The van der Waals surface area contributed by atoms with Crippen LogP contribution in [0.15, 0.2) is 83.7 Å². The van der Waals surface area contributed by atoms with Gasteiger partial charge in [-0.25, -0.2) is 4.98 Å². The zero-order chi connectivity index (χ0) is 23.0. The number of carbonyl (C=O) groups is 2. The first-order valence-electron chi connectivity index (χ1n) is 10.3. The van der Waals surface area contributed by atoms with Crippen molar-refractivity contribution in [3.05, 3.63) is 95.0 Å². The predicted molar refractivity (Wildman–Crippen MR) is 123 cm³/mol. The summed E-state index contributed by atoms with van der Waals surface area (Å²) < 4.78 is 10.8. The molecule has 0 aliphatic rings. The molecule has 33 heavy (non-hydrogen) atoms. The Bertz CT molecular complexity index is 1330. The highest BCUT2D eigenvalue weighted by Gasteiger charge is 2.11. The SMILES string of the molecule is O=C(COC(=O)CCc1nc2ccccc2c(=O)[nH]1)Nc1cccc(Oc2ccccc2)c1. The molecule has 2 N–H and O–H groups in total. The van der Waals surface area contributed by atoms with E-state index in [2.05, 4.69) is 15.3 Å². The Hall–Kier alpha value is -4.46. The zero-order valence-electron chi connectivity index (χ0n) is 17.6. The number of anilines is 1. The molecule has 8 heteroatoms. The summed E-state index contributed by atoms with van der Waals surface area (Å²) in [4.78, 5) is 43.3. The fourth-order valence-electron chi connectivity index (χ4n) is 3.15. The number of nitrogens with zero attached hydrogens (tertiary/aromatic N) is 1. The molecule has 0 bridgehead atoms. The third kappa shape index (κ3) is 6.04. The Balaban J connectivity index is 1.26. The average Bonchev–Trinajstić information content (AvgIpc) is 2.82. The summed E-state index contributed by atoms with van der Waals surface area (Å²) in [6.07, 6.45) is 0.175. The minimum absolute atomic E-state index is 0.0189. The number of carbonyl (C=O) groups excluding carboxylic acids is 2. The van der Waals surface area contributed by atoms with Crippen LogP contribution in [-0.2, 0) is 20.7 Å². The lowest BCUT2D eigenvalue weighted by Gasteiger charge is -2.09. The highest BCUT2D eigenvalue weighted by atomic mass is 16.5. The van der Waals surface area contributed by atoms with E-state index < -0.39 is 18.5 Å². The number of esters is 1. The van der Waals surface area contributed by atoms with Crippen molar-refractivity contribution in [2.75, 3.05) is 11.9 Å². The number of aryl methyl sites for hydroxylation is 1. The molecule has 0 aliphatic heterocycles. The highest BCUT2D eigenvalue weighted by Crippen LogP contribution is 2.23. The Kier molecular flexibility index (Phi) is 6.75. The predicted octanol–water partition coefficient (Wildman–Crippen LogP) is 3.83. The van der Waals surface area contributed by atoms with Crippen molar-refractivity contribution in [2.45, 2.75) is 12.8 Å². The lowest BCUT2D eigenvalue weighted by atomic mass is 10.2. The molecule has 0 saturated carbocycles. The van der Waals surface area contributed by atoms with Gasteiger partial charge in [-0.05, 0) is 36.4 Å². The standard InChI is InChI=1S/C25H21N3O5/c29-23(26-17-7-6-10-19(15-17)33-18-8-2-1-3-9-18)16-32-24(30)14-13-22-27-21-12-5-4-11-20(21)25(31)28-22/h1-12,15H,13-14,16H2,(H,26,29)(H,27,28,31). The van der Waals surface area contributed by atoms with Gasteiger partial charge in [-0.15, -0.1) is 0 Å². The fourth-order valence-corrected chi connectivity index (χ4v) is 3.15. The molecule has 8 nitrogen and oxygen atoms in total. The largest absolute Gasteiger partial charge is 0.457 e. The van der Waals surface area contributed by atoms with E-state index in [1.165, 1.54) is 0 Å². The molecule has 1 aromatic heterocycles. The number of aromatic nitrogens is 2. The number of aromatic amines is 1. The minimum Gasteiger partial charge on any atom is -0.457 e. The van der Waals surface area contributed by atoms with Gasteiger partial charge in [0.25, 0.3) is 11.5 Å². The number of hydrogen-bond donors (Lipinski definition) is 2. The molecule has 0 atom stereocenters. The number of ether oxygens (including phenoxy) is 2. The molecule has 4 rings (SSSR count). The molecule has 1 amide bonds. The second-order valence-corrected chi connectivity index (χ2v) is 7.18. The molecule has 1 heterocycles. The fraction of sp³-hybridized carbons (Fsp3) is 0.120. The van der Waals surface area contributed by atoms with E-state index in [1.54, 1.807) is 48.5 Å². The number of fused-ring (bicyclic) bond motifs is 1. The number of hydrogen-bond acceptors (Lipinski definition) is 6. The molecule has 0 saturated heterocycles. The summed E-state index contributed by atoms with van der Waals surface area (Å²) in [5, 5.41) is 3.15. The summed E-state index contributed by atoms with van der Waals surface area (Å²) in [5.41, 5.74) is 0.812. The quantitative estimate of drug-likeness (QED) is 0.401. The van der Waals surface area contributed by atoms with Gasteiger partial charge in [-0.3, -0.25) is 14.4 Å². The van der Waals surface area contributed by atoms with E-state index in [9.17, 15) is 14.4 Å². The molecule has 0 aliphatic carbocycles. The van der Waals surface area contributed by atoms with Crippen LogP contribution < -0.4 is 15.6 Å². The van der Waals surface area contributed by atoms with Gasteiger partial charge in [0.2, 0.25) is 0 Å². The highest BCUT2D eigenvalue weighted by molar-refractivity contribution is 5.93. The van der Waals surface area contributed by atoms with Crippen molar-refractivity contribution in [2.24, 2.45) is 0 Å². The Morgan fingerprint density at radius 2 is 1.67 bits per heavy atom. The van der Waals surface area contributed by atoms with Crippen molar-refractivity contribution in [3.8, 4) is 11.5 Å². The summed E-state index contributed by atoms with van der Waals surface area (Å²) in [5.74, 6) is 0.583. The molecular formula is C25H21N3O5. The van der Waals surface area contributed by atoms with Crippen LogP contribution in [0.1, 0.15) is 12.2 Å². The van der Waals surface area contributed by atoms with Crippen LogP contribution >= 0.6 is 0 Å². The van der Waals surface area contributed by atoms with Crippen molar-refractivity contribution < 1.29 is 19.1 Å². The lowest BCUT2D eigenvalue weighted by molar-refractivity contribution is -0.147. The topological polar surface area (TPSA) is 110 Å². The molecule has 0 fully saturated rings.